The van der Waals surface area contributed by atoms with Crippen LogP contribution in [0.1, 0.15) is 37.8 Å². The molecule has 1 aliphatic carbocycles. The standard InChI is InChI=1S/C18H21NO2/c1-10-6-5-7-16(13(10)4)19-17(20)14-8-11(2)12(3)9-15(14)18(19)21/h5-7,14-15H,8-9H2,1-4H3. The van der Waals surface area contributed by atoms with Crippen LogP contribution < -0.4 is 4.90 Å². The number of aryl methyl sites for hydroxylation is 1. The van der Waals surface area contributed by atoms with Crippen molar-refractivity contribution in [2.75, 3.05) is 4.90 Å². The Labute approximate surface area is 125 Å². The smallest absolute Gasteiger partial charge is 0.238 e. The highest BCUT2D eigenvalue weighted by molar-refractivity contribution is 6.22. The molecular weight excluding hydrogens is 262 g/mol. The molecule has 2 atom stereocenters. The van der Waals surface area contributed by atoms with Crippen molar-refractivity contribution in [1.29, 1.82) is 0 Å². The van der Waals surface area contributed by atoms with Crippen molar-refractivity contribution >= 4 is 17.5 Å². The molecule has 3 rings (SSSR count). The van der Waals surface area contributed by atoms with Gasteiger partial charge in [0.25, 0.3) is 0 Å². The third-order valence-electron chi connectivity index (χ3n) is 5.16. The molecule has 21 heavy (non-hydrogen) atoms. The number of fused-ring (bicyclic) bond motifs is 1. The van der Waals surface area contributed by atoms with Crippen molar-refractivity contribution in [3.8, 4) is 0 Å². The molecule has 1 fully saturated rings. The molecule has 1 heterocycles. The Hall–Kier alpha value is -1.90. The predicted molar refractivity (Wildman–Crippen MR) is 83.0 cm³/mol. The largest absolute Gasteiger partial charge is 0.274 e. The summed E-state index contributed by atoms with van der Waals surface area (Å²) >= 11 is 0. The predicted octanol–water partition coefficient (Wildman–Crippen LogP) is 3.54. The van der Waals surface area contributed by atoms with Gasteiger partial charge in [-0.05, 0) is 57.7 Å². The molecule has 2 unspecified atom stereocenters. The number of allylic oxidation sites excluding steroid dienone is 2. The van der Waals surface area contributed by atoms with E-state index in [0.29, 0.717) is 0 Å². The van der Waals surface area contributed by atoms with Crippen LogP contribution in [0.2, 0.25) is 0 Å². The van der Waals surface area contributed by atoms with Gasteiger partial charge in [-0.1, -0.05) is 23.3 Å². The number of rotatable bonds is 1. The summed E-state index contributed by atoms with van der Waals surface area (Å²) in [5.74, 6) is -0.377. The molecule has 1 aromatic rings. The van der Waals surface area contributed by atoms with E-state index in [0.717, 1.165) is 29.7 Å². The van der Waals surface area contributed by atoms with Gasteiger partial charge >= 0.3 is 0 Å². The third-order valence-corrected chi connectivity index (χ3v) is 5.16. The first kappa shape index (κ1) is 14.1. The number of carbonyl (C=O) groups is 2. The fraction of sp³-hybridized carbons (Fsp3) is 0.444. The molecule has 2 aliphatic rings. The summed E-state index contributed by atoms with van der Waals surface area (Å²) in [6, 6.07) is 5.80. The first-order valence-corrected chi connectivity index (χ1v) is 7.51. The zero-order valence-corrected chi connectivity index (χ0v) is 13.1. The lowest BCUT2D eigenvalue weighted by Crippen LogP contribution is -2.31. The van der Waals surface area contributed by atoms with E-state index in [1.807, 2.05) is 32.0 Å². The van der Waals surface area contributed by atoms with Crippen LogP contribution in [0, 0.1) is 25.7 Å². The number of benzene rings is 1. The second kappa shape index (κ2) is 4.83. The minimum Gasteiger partial charge on any atom is -0.274 e. The molecule has 0 aromatic heterocycles. The maximum Gasteiger partial charge on any atom is 0.238 e. The Kier molecular flexibility index (Phi) is 3.23. The van der Waals surface area contributed by atoms with Crippen LogP contribution in [0.25, 0.3) is 0 Å². The number of carbonyl (C=O) groups excluding carboxylic acids is 2. The van der Waals surface area contributed by atoms with Crippen molar-refractivity contribution in [2.24, 2.45) is 11.8 Å². The lowest BCUT2D eigenvalue weighted by Gasteiger charge is -2.23. The van der Waals surface area contributed by atoms with Gasteiger partial charge in [-0.3, -0.25) is 9.59 Å². The molecule has 110 valence electrons. The summed E-state index contributed by atoms with van der Waals surface area (Å²) in [4.78, 5) is 26.9. The summed E-state index contributed by atoms with van der Waals surface area (Å²) in [7, 11) is 0. The van der Waals surface area contributed by atoms with E-state index in [-0.39, 0.29) is 23.7 Å². The van der Waals surface area contributed by atoms with Crippen molar-refractivity contribution in [3.05, 3.63) is 40.5 Å². The first-order valence-electron chi connectivity index (χ1n) is 7.51. The topological polar surface area (TPSA) is 37.4 Å². The highest BCUT2D eigenvalue weighted by Gasteiger charge is 2.49. The first-order chi connectivity index (χ1) is 9.91. The van der Waals surface area contributed by atoms with Crippen LogP contribution >= 0.6 is 0 Å². The van der Waals surface area contributed by atoms with Gasteiger partial charge in [-0.2, -0.15) is 0 Å². The number of anilines is 1. The van der Waals surface area contributed by atoms with Gasteiger partial charge in [0, 0.05) is 0 Å². The van der Waals surface area contributed by atoms with Crippen molar-refractivity contribution in [2.45, 2.75) is 40.5 Å². The van der Waals surface area contributed by atoms with Crippen LogP contribution in [0.15, 0.2) is 29.3 Å². The summed E-state index contributed by atoms with van der Waals surface area (Å²) in [5.41, 5.74) is 5.41. The van der Waals surface area contributed by atoms with Gasteiger partial charge in [0.2, 0.25) is 11.8 Å². The monoisotopic (exact) mass is 283 g/mol. The van der Waals surface area contributed by atoms with Crippen LogP contribution in [-0.2, 0) is 9.59 Å². The van der Waals surface area contributed by atoms with Gasteiger partial charge < -0.3 is 0 Å². The molecule has 0 bridgehead atoms. The maximum absolute atomic E-state index is 12.7. The summed E-state index contributed by atoms with van der Waals surface area (Å²) in [6.07, 6.45) is 1.45. The minimum atomic E-state index is -0.166. The van der Waals surface area contributed by atoms with Crippen LogP contribution in [0.4, 0.5) is 5.69 Å². The van der Waals surface area contributed by atoms with E-state index in [1.165, 1.54) is 16.0 Å². The highest BCUT2D eigenvalue weighted by Crippen LogP contribution is 2.42. The van der Waals surface area contributed by atoms with E-state index in [9.17, 15) is 9.59 Å². The third kappa shape index (κ3) is 2.03. The zero-order valence-electron chi connectivity index (χ0n) is 13.1. The van der Waals surface area contributed by atoms with Gasteiger partial charge in [0.15, 0.2) is 0 Å². The number of amides is 2. The van der Waals surface area contributed by atoms with Gasteiger partial charge in [0.1, 0.15) is 0 Å². The average molecular weight is 283 g/mol. The SMILES string of the molecule is CC1=C(C)CC2C(=O)N(c3cccc(C)c3C)C(=O)C2C1. The van der Waals surface area contributed by atoms with Gasteiger partial charge in [0.05, 0.1) is 17.5 Å². The Bertz CT molecular complexity index is 640. The van der Waals surface area contributed by atoms with Gasteiger partial charge in [-0.15, -0.1) is 0 Å². The number of hydrogen-bond acceptors (Lipinski definition) is 2. The average Bonchev–Trinajstić information content (AvgIpc) is 2.67. The molecule has 3 heteroatoms. The van der Waals surface area contributed by atoms with E-state index < -0.39 is 0 Å². The van der Waals surface area contributed by atoms with Crippen molar-refractivity contribution < 1.29 is 9.59 Å². The van der Waals surface area contributed by atoms with E-state index in [2.05, 4.69) is 13.8 Å². The Balaban J connectivity index is 2.02. The number of hydrogen-bond donors (Lipinski definition) is 0. The van der Waals surface area contributed by atoms with Crippen LogP contribution in [0.3, 0.4) is 0 Å². The summed E-state index contributed by atoms with van der Waals surface area (Å²) in [5, 5.41) is 0. The van der Waals surface area contributed by atoms with E-state index in [4.69, 9.17) is 0 Å². The highest BCUT2D eigenvalue weighted by atomic mass is 16.2. The maximum atomic E-state index is 12.7. The molecule has 0 spiro atoms. The van der Waals surface area contributed by atoms with Crippen LogP contribution in [0.5, 0.6) is 0 Å². The lowest BCUT2D eigenvalue weighted by molar-refractivity contribution is -0.122. The number of nitrogens with zero attached hydrogens (tertiary/aromatic N) is 1. The van der Waals surface area contributed by atoms with E-state index >= 15 is 0 Å². The Morgan fingerprint density at radius 3 is 1.95 bits per heavy atom. The quantitative estimate of drug-likeness (QED) is 0.584. The Morgan fingerprint density at radius 1 is 0.905 bits per heavy atom. The fourth-order valence-corrected chi connectivity index (χ4v) is 3.47. The molecule has 0 saturated carbocycles. The van der Waals surface area contributed by atoms with Crippen molar-refractivity contribution in [3.63, 3.8) is 0 Å². The number of imide groups is 1. The van der Waals surface area contributed by atoms with E-state index in [1.54, 1.807) is 0 Å². The lowest BCUT2D eigenvalue weighted by atomic mass is 9.78. The normalized spacial score (nSPS) is 25.6. The second-order valence-corrected chi connectivity index (χ2v) is 6.41. The van der Waals surface area contributed by atoms with Crippen molar-refractivity contribution in [1.82, 2.24) is 0 Å². The molecular formula is C18H21NO2. The summed E-state index contributed by atoms with van der Waals surface area (Å²) in [6.45, 7) is 8.13. The minimum absolute atomic E-state index is 0.0226. The molecule has 0 radical (unpaired) electrons. The van der Waals surface area contributed by atoms with Crippen LogP contribution in [-0.4, -0.2) is 11.8 Å². The molecule has 1 aromatic carbocycles. The molecule has 3 nitrogen and oxygen atoms in total. The zero-order chi connectivity index (χ0) is 15.3. The molecule has 1 saturated heterocycles. The molecule has 1 aliphatic heterocycles. The second-order valence-electron chi connectivity index (χ2n) is 6.41. The van der Waals surface area contributed by atoms with Gasteiger partial charge in [-0.25, -0.2) is 4.90 Å². The fourth-order valence-electron chi connectivity index (χ4n) is 3.47. The molecule has 2 amide bonds. The Morgan fingerprint density at radius 2 is 1.43 bits per heavy atom. The summed E-state index contributed by atoms with van der Waals surface area (Å²) < 4.78 is 0. The molecule has 0 N–H and O–H groups in total.